The Morgan fingerprint density at radius 3 is 2.31 bits per heavy atom. The molecular weight excluding hydrogens is 384 g/mol. The number of anilines is 1. The van der Waals surface area contributed by atoms with E-state index in [-0.39, 0.29) is 24.4 Å². The topological polar surface area (TPSA) is 91.5 Å². The Labute approximate surface area is 167 Å². The minimum Gasteiger partial charge on any atom is -0.462 e. The first-order chi connectivity index (χ1) is 13.7. The fraction of sp³-hybridized carbons (Fsp3) is 0.350. The molecule has 2 rings (SSSR count). The summed E-state index contributed by atoms with van der Waals surface area (Å²) in [5.74, 6) is -3.65. The van der Waals surface area contributed by atoms with E-state index in [9.17, 15) is 23.2 Å². The van der Waals surface area contributed by atoms with Crippen molar-refractivity contribution >= 4 is 23.5 Å². The van der Waals surface area contributed by atoms with E-state index in [0.717, 1.165) is 12.1 Å². The van der Waals surface area contributed by atoms with Crippen LogP contribution in [0, 0.1) is 25.5 Å². The van der Waals surface area contributed by atoms with Crippen LogP contribution in [0.2, 0.25) is 0 Å². The summed E-state index contributed by atoms with van der Waals surface area (Å²) in [6.45, 7) is 6.52. The molecule has 2 N–H and O–H groups in total. The number of aromatic amines is 1. The Hall–Kier alpha value is -3.23. The Balaban J connectivity index is 2.20. The van der Waals surface area contributed by atoms with Crippen molar-refractivity contribution < 1.29 is 27.9 Å². The summed E-state index contributed by atoms with van der Waals surface area (Å²) in [5.41, 5.74) is 0.724. The highest BCUT2D eigenvalue weighted by Crippen LogP contribution is 2.21. The molecule has 1 aromatic carbocycles. The van der Waals surface area contributed by atoms with Gasteiger partial charge in [0.15, 0.2) is 0 Å². The molecule has 1 heterocycles. The molecule has 2 amide bonds. The van der Waals surface area contributed by atoms with Gasteiger partial charge in [0.2, 0.25) is 5.91 Å². The lowest BCUT2D eigenvalue weighted by Crippen LogP contribution is -2.38. The van der Waals surface area contributed by atoms with Crippen molar-refractivity contribution in [3.05, 3.63) is 52.3 Å². The monoisotopic (exact) mass is 407 g/mol. The van der Waals surface area contributed by atoms with Gasteiger partial charge in [-0.3, -0.25) is 9.59 Å². The summed E-state index contributed by atoms with van der Waals surface area (Å²) >= 11 is 0. The number of nitrogens with zero attached hydrogens (tertiary/aromatic N) is 1. The maximum absolute atomic E-state index is 13.7. The molecule has 2 aromatic rings. The zero-order chi connectivity index (χ0) is 21.7. The number of esters is 1. The van der Waals surface area contributed by atoms with Gasteiger partial charge in [-0.1, -0.05) is 6.07 Å². The molecule has 29 heavy (non-hydrogen) atoms. The summed E-state index contributed by atoms with van der Waals surface area (Å²) in [7, 11) is 0. The summed E-state index contributed by atoms with van der Waals surface area (Å²) in [6, 6.07) is 3.21. The number of nitrogens with one attached hydrogen (secondary N) is 2. The van der Waals surface area contributed by atoms with Gasteiger partial charge in [-0.15, -0.1) is 0 Å². The van der Waals surface area contributed by atoms with E-state index in [0.29, 0.717) is 11.3 Å². The number of H-pyrrole nitrogens is 1. The molecule has 0 spiro atoms. The van der Waals surface area contributed by atoms with Crippen molar-refractivity contribution in [3.63, 3.8) is 0 Å². The van der Waals surface area contributed by atoms with E-state index in [4.69, 9.17) is 4.74 Å². The normalized spacial score (nSPS) is 10.6. The van der Waals surface area contributed by atoms with E-state index in [1.54, 1.807) is 27.7 Å². The Morgan fingerprint density at radius 2 is 1.76 bits per heavy atom. The van der Waals surface area contributed by atoms with Gasteiger partial charge in [0.1, 0.15) is 29.6 Å². The van der Waals surface area contributed by atoms with Crippen molar-refractivity contribution in [2.45, 2.75) is 27.7 Å². The molecule has 0 saturated carbocycles. The van der Waals surface area contributed by atoms with Gasteiger partial charge in [0, 0.05) is 12.2 Å². The standard InChI is InChI=1S/C20H23F2N3O4/c1-5-25(10-15(26)24-18-13(21)8-7-9-14(18)22)19(27)17-11(3)16(12(4)23-17)20(28)29-6-2/h7-9,23H,5-6,10H2,1-4H3,(H,24,26). The maximum atomic E-state index is 13.7. The van der Waals surface area contributed by atoms with E-state index in [1.165, 1.54) is 11.0 Å². The molecule has 0 aliphatic carbocycles. The van der Waals surface area contributed by atoms with Gasteiger partial charge in [-0.2, -0.15) is 0 Å². The number of benzene rings is 1. The average Bonchev–Trinajstić information content (AvgIpc) is 2.96. The van der Waals surface area contributed by atoms with Crippen LogP contribution in [0.5, 0.6) is 0 Å². The highest BCUT2D eigenvalue weighted by molar-refractivity contribution is 6.02. The van der Waals surface area contributed by atoms with Crippen LogP contribution in [0.15, 0.2) is 18.2 Å². The van der Waals surface area contributed by atoms with Crippen LogP contribution in [0.25, 0.3) is 0 Å². The summed E-state index contributed by atoms with van der Waals surface area (Å²) < 4.78 is 32.4. The predicted octanol–water partition coefficient (Wildman–Crippen LogP) is 3.19. The minimum absolute atomic E-state index is 0.150. The van der Waals surface area contributed by atoms with Crippen LogP contribution in [0.1, 0.15) is 46.0 Å². The Kier molecular flexibility index (Phi) is 7.08. The number of aromatic nitrogens is 1. The van der Waals surface area contributed by atoms with Crippen LogP contribution in [0.3, 0.4) is 0 Å². The van der Waals surface area contributed by atoms with Crippen LogP contribution in [-0.2, 0) is 9.53 Å². The smallest absolute Gasteiger partial charge is 0.340 e. The predicted molar refractivity (Wildman–Crippen MR) is 103 cm³/mol. The van der Waals surface area contributed by atoms with Gasteiger partial charge < -0.3 is 19.9 Å². The average molecular weight is 407 g/mol. The molecule has 0 atom stereocenters. The molecule has 7 nitrogen and oxygen atoms in total. The third-order valence-electron chi connectivity index (χ3n) is 4.36. The van der Waals surface area contributed by atoms with Gasteiger partial charge in [-0.25, -0.2) is 13.6 Å². The van der Waals surface area contributed by atoms with Gasteiger partial charge in [0.25, 0.3) is 5.91 Å². The molecule has 0 fully saturated rings. The molecule has 0 radical (unpaired) electrons. The summed E-state index contributed by atoms with van der Waals surface area (Å²) in [6.07, 6.45) is 0. The highest BCUT2D eigenvalue weighted by atomic mass is 19.1. The van der Waals surface area contributed by atoms with Gasteiger partial charge >= 0.3 is 5.97 Å². The number of carbonyl (C=O) groups excluding carboxylic acids is 3. The highest BCUT2D eigenvalue weighted by Gasteiger charge is 2.26. The third kappa shape index (κ3) is 4.79. The van der Waals surface area contributed by atoms with Crippen LogP contribution < -0.4 is 5.32 Å². The number of carbonyl (C=O) groups is 3. The lowest BCUT2D eigenvalue weighted by Gasteiger charge is -2.20. The quantitative estimate of drug-likeness (QED) is 0.690. The van der Waals surface area contributed by atoms with Crippen molar-refractivity contribution in [2.75, 3.05) is 25.0 Å². The number of hydrogen-bond acceptors (Lipinski definition) is 4. The fourth-order valence-corrected chi connectivity index (χ4v) is 2.93. The molecule has 0 aliphatic rings. The SMILES string of the molecule is CCOC(=O)c1c(C)[nH]c(C(=O)N(CC)CC(=O)Nc2c(F)cccc2F)c1C. The number of rotatable bonds is 7. The summed E-state index contributed by atoms with van der Waals surface area (Å²) in [4.78, 5) is 41.3. The fourth-order valence-electron chi connectivity index (χ4n) is 2.93. The van der Waals surface area contributed by atoms with Crippen molar-refractivity contribution in [1.82, 2.24) is 9.88 Å². The number of amides is 2. The first kappa shape index (κ1) is 22.1. The summed E-state index contributed by atoms with van der Waals surface area (Å²) in [5, 5.41) is 2.15. The number of hydrogen-bond donors (Lipinski definition) is 2. The Morgan fingerprint density at radius 1 is 1.14 bits per heavy atom. The minimum atomic E-state index is -0.914. The number of halogens is 2. The zero-order valence-electron chi connectivity index (χ0n) is 16.7. The first-order valence-corrected chi connectivity index (χ1v) is 9.10. The van der Waals surface area contributed by atoms with Crippen LogP contribution in [-0.4, -0.2) is 47.4 Å². The van der Waals surface area contributed by atoms with Gasteiger partial charge in [-0.05, 0) is 45.4 Å². The lowest BCUT2D eigenvalue weighted by atomic mass is 10.1. The largest absolute Gasteiger partial charge is 0.462 e. The number of likely N-dealkylation sites (N-methyl/N-ethyl adjacent to an activating group) is 1. The van der Waals surface area contributed by atoms with Gasteiger partial charge in [0.05, 0.1) is 12.2 Å². The van der Waals surface area contributed by atoms with Crippen LogP contribution >= 0.6 is 0 Å². The molecule has 0 unspecified atom stereocenters. The second-order valence-electron chi connectivity index (χ2n) is 6.31. The van der Waals surface area contributed by atoms with E-state index >= 15 is 0 Å². The Bertz CT molecular complexity index is 920. The molecule has 1 aromatic heterocycles. The van der Waals surface area contributed by atoms with Crippen molar-refractivity contribution in [2.24, 2.45) is 0 Å². The lowest BCUT2D eigenvalue weighted by molar-refractivity contribution is -0.116. The number of para-hydroxylation sites is 1. The second-order valence-corrected chi connectivity index (χ2v) is 6.31. The number of aryl methyl sites for hydroxylation is 1. The van der Waals surface area contributed by atoms with Crippen molar-refractivity contribution in [1.29, 1.82) is 0 Å². The molecule has 9 heteroatoms. The maximum Gasteiger partial charge on any atom is 0.340 e. The molecule has 0 bridgehead atoms. The molecular formula is C20H23F2N3O4. The number of ether oxygens (including phenoxy) is 1. The second kappa shape index (κ2) is 9.31. The van der Waals surface area contributed by atoms with E-state index < -0.39 is 41.7 Å². The van der Waals surface area contributed by atoms with Crippen molar-refractivity contribution in [3.8, 4) is 0 Å². The zero-order valence-corrected chi connectivity index (χ0v) is 16.7. The molecule has 156 valence electrons. The molecule has 0 saturated heterocycles. The molecule has 0 aliphatic heterocycles. The van der Waals surface area contributed by atoms with Crippen LogP contribution in [0.4, 0.5) is 14.5 Å². The first-order valence-electron chi connectivity index (χ1n) is 9.10. The van der Waals surface area contributed by atoms with E-state index in [1.807, 2.05) is 0 Å². The van der Waals surface area contributed by atoms with E-state index in [2.05, 4.69) is 10.3 Å². The third-order valence-corrected chi connectivity index (χ3v) is 4.36.